The number of rotatable bonds is 8. The van der Waals surface area contributed by atoms with E-state index in [1.165, 1.54) is 5.56 Å². The van der Waals surface area contributed by atoms with Crippen LogP contribution in [-0.4, -0.2) is 65.7 Å². The van der Waals surface area contributed by atoms with E-state index in [9.17, 15) is 4.79 Å². The molecule has 166 valence electrons. The Labute approximate surface area is 188 Å². The molecule has 0 radical (unpaired) electrons. The van der Waals surface area contributed by atoms with Gasteiger partial charge in [-0.1, -0.05) is 47.6 Å². The van der Waals surface area contributed by atoms with Crippen molar-refractivity contribution in [1.29, 1.82) is 0 Å². The molecule has 1 aromatic heterocycles. The van der Waals surface area contributed by atoms with E-state index in [2.05, 4.69) is 39.3 Å². The monoisotopic (exact) mass is 432 g/mol. The van der Waals surface area contributed by atoms with Crippen molar-refractivity contribution in [1.82, 2.24) is 19.9 Å². The number of amides is 1. The Kier molecular flexibility index (Phi) is 7.30. The van der Waals surface area contributed by atoms with Gasteiger partial charge in [0.1, 0.15) is 5.75 Å². The molecular formula is C25H28N4O3. The first-order chi connectivity index (χ1) is 15.7. The van der Waals surface area contributed by atoms with Gasteiger partial charge in [-0.05, 0) is 29.8 Å². The average molecular weight is 433 g/mol. The predicted octanol–water partition coefficient (Wildman–Crippen LogP) is 3.54. The highest BCUT2D eigenvalue weighted by molar-refractivity contribution is 5.76. The number of benzene rings is 2. The van der Waals surface area contributed by atoms with Crippen LogP contribution in [0.15, 0.2) is 65.2 Å². The van der Waals surface area contributed by atoms with Gasteiger partial charge in [0.25, 0.3) is 0 Å². The van der Waals surface area contributed by atoms with E-state index < -0.39 is 0 Å². The number of methoxy groups -OCH3 is 1. The van der Waals surface area contributed by atoms with Crippen molar-refractivity contribution < 1.29 is 14.1 Å². The van der Waals surface area contributed by atoms with Gasteiger partial charge < -0.3 is 14.2 Å². The molecule has 0 saturated carbocycles. The van der Waals surface area contributed by atoms with E-state index in [1.54, 1.807) is 7.11 Å². The molecule has 1 fully saturated rings. The van der Waals surface area contributed by atoms with Crippen LogP contribution in [-0.2, 0) is 11.2 Å². The quantitative estimate of drug-likeness (QED) is 0.542. The van der Waals surface area contributed by atoms with Crippen LogP contribution in [0.5, 0.6) is 5.75 Å². The number of carbonyl (C=O) groups is 1. The molecule has 0 N–H and O–H groups in total. The zero-order chi connectivity index (χ0) is 22.2. The summed E-state index contributed by atoms with van der Waals surface area (Å²) in [6.07, 6.45) is 5.14. The lowest BCUT2D eigenvalue weighted by Gasteiger charge is -2.34. The molecule has 1 aliphatic rings. The summed E-state index contributed by atoms with van der Waals surface area (Å²) in [4.78, 5) is 21.3. The summed E-state index contributed by atoms with van der Waals surface area (Å²) in [5.41, 5.74) is 2.06. The largest absolute Gasteiger partial charge is 0.497 e. The van der Waals surface area contributed by atoms with Gasteiger partial charge in [0.05, 0.1) is 7.11 Å². The summed E-state index contributed by atoms with van der Waals surface area (Å²) in [5, 5.41) is 4.03. The molecule has 1 aliphatic heterocycles. The van der Waals surface area contributed by atoms with Crippen molar-refractivity contribution in [3.63, 3.8) is 0 Å². The smallest absolute Gasteiger partial charge is 0.227 e. The number of nitrogens with zero attached hydrogens (tertiary/aromatic N) is 4. The Balaban J connectivity index is 1.20. The normalized spacial score (nSPS) is 14.7. The predicted molar refractivity (Wildman–Crippen MR) is 123 cm³/mol. The Morgan fingerprint density at radius 1 is 1.06 bits per heavy atom. The first kappa shape index (κ1) is 21.8. The second-order valence-electron chi connectivity index (χ2n) is 7.73. The molecule has 2 aromatic carbocycles. The van der Waals surface area contributed by atoms with Gasteiger partial charge >= 0.3 is 0 Å². The van der Waals surface area contributed by atoms with Gasteiger partial charge in [0.2, 0.25) is 17.6 Å². The Hall–Kier alpha value is -3.45. The van der Waals surface area contributed by atoms with Crippen molar-refractivity contribution in [2.24, 2.45) is 0 Å². The lowest BCUT2D eigenvalue weighted by Crippen LogP contribution is -2.48. The fraction of sp³-hybridized carbons (Fsp3) is 0.320. The van der Waals surface area contributed by atoms with Gasteiger partial charge in [-0.3, -0.25) is 9.69 Å². The third-order valence-corrected chi connectivity index (χ3v) is 5.57. The van der Waals surface area contributed by atoms with Crippen LogP contribution in [0.1, 0.15) is 17.9 Å². The van der Waals surface area contributed by atoms with Crippen LogP contribution in [0.25, 0.3) is 17.5 Å². The van der Waals surface area contributed by atoms with Crippen molar-refractivity contribution >= 4 is 12.0 Å². The van der Waals surface area contributed by atoms with Crippen LogP contribution in [0, 0.1) is 0 Å². The van der Waals surface area contributed by atoms with Crippen LogP contribution >= 0.6 is 0 Å². The summed E-state index contributed by atoms with van der Waals surface area (Å²) >= 11 is 0. The van der Waals surface area contributed by atoms with Gasteiger partial charge in [-0.25, -0.2) is 0 Å². The molecule has 1 amide bonds. The summed E-state index contributed by atoms with van der Waals surface area (Å²) < 4.78 is 10.5. The van der Waals surface area contributed by atoms with Crippen molar-refractivity contribution in [3.8, 4) is 17.1 Å². The fourth-order valence-electron chi connectivity index (χ4n) is 3.67. The average Bonchev–Trinajstić information content (AvgIpc) is 3.33. The maximum absolute atomic E-state index is 12.6. The van der Waals surface area contributed by atoms with E-state index in [0.717, 1.165) is 44.0 Å². The number of ether oxygens (including phenoxy) is 1. The zero-order valence-electron chi connectivity index (χ0n) is 18.3. The van der Waals surface area contributed by atoms with Gasteiger partial charge in [0.15, 0.2) is 0 Å². The lowest BCUT2D eigenvalue weighted by molar-refractivity contribution is -0.132. The lowest BCUT2D eigenvalue weighted by atomic mass is 10.2. The number of aromatic nitrogens is 2. The first-order valence-electron chi connectivity index (χ1n) is 10.9. The minimum atomic E-state index is 0.133. The van der Waals surface area contributed by atoms with E-state index in [-0.39, 0.29) is 5.91 Å². The Morgan fingerprint density at radius 3 is 2.53 bits per heavy atom. The zero-order valence-corrected chi connectivity index (χ0v) is 18.3. The molecule has 0 bridgehead atoms. The maximum atomic E-state index is 12.6. The number of hydrogen-bond donors (Lipinski definition) is 0. The minimum absolute atomic E-state index is 0.133. The molecule has 3 aromatic rings. The highest BCUT2D eigenvalue weighted by Gasteiger charge is 2.21. The highest BCUT2D eigenvalue weighted by Crippen LogP contribution is 2.20. The van der Waals surface area contributed by atoms with Crippen LogP contribution in [0.4, 0.5) is 0 Å². The van der Waals surface area contributed by atoms with Crippen molar-refractivity contribution in [2.45, 2.75) is 12.8 Å². The fourth-order valence-corrected chi connectivity index (χ4v) is 3.67. The molecule has 2 heterocycles. The SMILES string of the molecule is COc1ccc(-c2noc(CCC(=O)N3CCN(CC=Cc4ccccc4)CC3)n2)cc1. The van der Waals surface area contributed by atoms with E-state index in [1.807, 2.05) is 47.4 Å². The molecule has 4 rings (SSSR count). The molecule has 32 heavy (non-hydrogen) atoms. The topological polar surface area (TPSA) is 71.7 Å². The maximum Gasteiger partial charge on any atom is 0.227 e. The standard InChI is InChI=1S/C25H28N4O3/c1-31-22-11-9-21(10-12-22)25-26-23(32-27-25)13-14-24(30)29-18-16-28(17-19-29)15-5-8-20-6-3-2-4-7-20/h2-12H,13-19H2,1H3. The third-order valence-electron chi connectivity index (χ3n) is 5.57. The third kappa shape index (κ3) is 5.82. The van der Waals surface area contributed by atoms with Gasteiger partial charge in [-0.15, -0.1) is 0 Å². The van der Waals surface area contributed by atoms with Crippen LogP contribution < -0.4 is 4.74 Å². The van der Waals surface area contributed by atoms with Crippen LogP contribution in [0.2, 0.25) is 0 Å². The van der Waals surface area contributed by atoms with Crippen molar-refractivity contribution in [3.05, 3.63) is 72.1 Å². The molecule has 7 heteroatoms. The van der Waals surface area contributed by atoms with Crippen LogP contribution in [0.3, 0.4) is 0 Å². The summed E-state index contributed by atoms with van der Waals surface area (Å²) in [6.45, 7) is 4.16. The molecule has 7 nitrogen and oxygen atoms in total. The van der Waals surface area contributed by atoms with E-state index in [0.29, 0.717) is 24.6 Å². The van der Waals surface area contributed by atoms with Gasteiger partial charge in [-0.2, -0.15) is 4.98 Å². The molecule has 0 spiro atoms. The second-order valence-corrected chi connectivity index (χ2v) is 7.73. The molecule has 0 aliphatic carbocycles. The number of piperazine rings is 1. The minimum Gasteiger partial charge on any atom is -0.497 e. The summed E-state index contributed by atoms with van der Waals surface area (Å²) in [5.74, 6) is 1.91. The van der Waals surface area contributed by atoms with Crippen molar-refractivity contribution in [2.75, 3.05) is 39.8 Å². The number of aryl methyl sites for hydroxylation is 1. The van der Waals surface area contributed by atoms with Gasteiger partial charge in [0, 0.05) is 51.1 Å². The molecule has 0 unspecified atom stereocenters. The molecular weight excluding hydrogens is 404 g/mol. The number of hydrogen-bond acceptors (Lipinski definition) is 6. The second kappa shape index (κ2) is 10.7. The Bertz CT molecular complexity index is 1020. The molecule has 1 saturated heterocycles. The highest BCUT2D eigenvalue weighted by atomic mass is 16.5. The first-order valence-corrected chi connectivity index (χ1v) is 10.9. The van der Waals surface area contributed by atoms with E-state index in [4.69, 9.17) is 9.26 Å². The van der Waals surface area contributed by atoms with E-state index >= 15 is 0 Å². The molecule has 0 atom stereocenters. The number of carbonyl (C=O) groups excluding carboxylic acids is 1. The Morgan fingerprint density at radius 2 is 1.81 bits per heavy atom. The summed E-state index contributed by atoms with van der Waals surface area (Å²) in [6, 6.07) is 17.8. The summed E-state index contributed by atoms with van der Waals surface area (Å²) in [7, 11) is 1.63.